The van der Waals surface area contributed by atoms with Crippen LogP contribution >= 0.6 is 0 Å². The van der Waals surface area contributed by atoms with E-state index in [-0.39, 0.29) is 11.6 Å². The molecule has 1 rings (SSSR count). The summed E-state index contributed by atoms with van der Waals surface area (Å²) >= 11 is 0. The summed E-state index contributed by atoms with van der Waals surface area (Å²) in [6.07, 6.45) is 0.860. The Morgan fingerprint density at radius 2 is 2.20 bits per heavy atom. The molecule has 0 aromatic heterocycles. The number of rotatable bonds is 0. The predicted octanol–water partition coefficient (Wildman–Crippen LogP) is 1.24. The van der Waals surface area contributed by atoms with Gasteiger partial charge in [-0.2, -0.15) is 0 Å². The molecule has 3 nitrogen and oxygen atoms in total. The van der Waals surface area contributed by atoms with Gasteiger partial charge in [0.2, 0.25) is 0 Å². The highest BCUT2D eigenvalue weighted by Gasteiger charge is 2.39. The molecule has 1 aliphatic rings. The third-order valence-electron chi connectivity index (χ3n) is 2.07. The van der Waals surface area contributed by atoms with Crippen molar-refractivity contribution in [1.29, 1.82) is 0 Å². The van der Waals surface area contributed by atoms with E-state index < -0.39 is 0 Å². The molecule has 58 valence electrons. The molecule has 1 amide bonds. The zero-order valence-electron chi connectivity index (χ0n) is 6.68. The lowest BCUT2D eigenvalue weighted by molar-refractivity contribution is 0.0155. The van der Waals surface area contributed by atoms with Gasteiger partial charge in [-0.3, -0.25) is 0 Å². The van der Waals surface area contributed by atoms with Gasteiger partial charge in [-0.15, -0.1) is 0 Å². The minimum Gasteiger partial charge on any atom is -0.453 e. The van der Waals surface area contributed by atoms with Crippen molar-refractivity contribution in [3.8, 4) is 0 Å². The topological polar surface area (TPSA) is 29.5 Å². The highest BCUT2D eigenvalue weighted by molar-refractivity contribution is 5.69. The number of amides is 1. The van der Waals surface area contributed by atoms with Gasteiger partial charge in [-0.1, -0.05) is 0 Å². The van der Waals surface area contributed by atoms with Gasteiger partial charge in [-0.25, -0.2) is 4.79 Å². The largest absolute Gasteiger partial charge is 0.453 e. The van der Waals surface area contributed by atoms with E-state index in [2.05, 4.69) is 4.74 Å². The summed E-state index contributed by atoms with van der Waals surface area (Å²) in [4.78, 5) is 12.6. The Balaban J connectivity index is 2.51. The van der Waals surface area contributed by atoms with E-state index in [4.69, 9.17) is 0 Å². The number of hydrogen-bond donors (Lipinski definition) is 0. The van der Waals surface area contributed by atoms with E-state index in [0.29, 0.717) is 0 Å². The van der Waals surface area contributed by atoms with Gasteiger partial charge in [0.15, 0.2) is 0 Å². The molecular formula is C7H13NO2. The van der Waals surface area contributed by atoms with Gasteiger partial charge in [0.1, 0.15) is 0 Å². The van der Waals surface area contributed by atoms with Crippen LogP contribution in [0.4, 0.5) is 4.79 Å². The molecule has 0 aromatic carbocycles. The number of carbonyl (C=O) groups excluding carboxylic acids is 1. The van der Waals surface area contributed by atoms with Crippen LogP contribution in [0.5, 0.6) is 0 Å². The highest BCUT2D eigenvalue weighted by atomic mass is 16.5. The Hall–Kier alpha value is -0.730. The maximum absolute atomic E-state index is 10.9. The van der Waals surface area contributed by atoms with Crippen LogP contribution in [0, 0.1) is 0 Å². The van der Waals surface area contributed by atoms with E-state index >= 15 is 0 Å². The fraction of sp³-hybridized carbons (Fsp3) is 0.857. The van der Waals surface area contributed by atoms with Crippen LogP contribution in [0.2, 0.25) is 0 Å². The maximum atomic E-state index is 10.9. The molecule has 0 N–H and O–H groups in total. The summed E-state index contributed by atoms with van der Waals surface area (Å²) in [7, 11) is 1.41. The molecule has 1 aliphatic heterocycles. The van der Waals surface area contributed by atoms with Crippen molar-refractivity contribution in [2.24, 2.45) is 0 Å². The lowest BCUT2D eigenvalue weighted by Gasteiger charge is -2.47. The molecule has 1 fully saturated rings. The van der Waals surface area contributed by atoms with Crippen molar-refractivity contribution in [2.75, 3.05) is 13.7 Å². The SMILES string of the molecule is COC(=O)N1CCC1(C)C. The lowest BCUT2D eigenvalue weighted by Crippen LogP contribution is -2.58. The number of carbonyl (C=O) groups is 1. The average molecular weight is 143 g/mol. The van der Waals surface area contributed by atoms with Crippen molar-refractivity contribution >= 4 is 6.09 Å². The molecule has 0 radical (unpaired) electrons. The molecule has 0 unspecified atom stereocenters. The smallest absolute Gasteiger partial charge is 0.409 e. The minimum atomic E-state index is -0.212. The highest BCUT2D eigenvalue weighted by Crippen LogP contribution is 2.29. The fourth-order valence-electron chi connectivity index (χ4n) is 1.12. The first-order valence-corrected chi connectivity index (χ1v) is 3.43. The Kier molecular flexibility index (Phi) is 1.58. The summed E-state index contributed by atoms with van der Waals surface area (Å²) in [6, 6.07) is 0. The Morgan fingerprint density at radius 1 is 1.60 bits per heavy atom. The molecule has 3 heteroatoms. The van der Waals surface area contributed by atoms with Crippen LogP contribution in [-0.2, 0) is 4.74 Å². The molecule has 0 bridgehead atoms. The Morgan fingerprint density at radius 3 is 2.30 bits per heavy atom. The summed E-state index contributed by atoms with van der Waals surface area (Å²) in [5.41, 5.74) is 0.0209. The van der Waals surface area contributed by atoms with Crippen molar-refractivity contribution in [3.05, 3.63) is 0 Å². The van der Waals surface area contributed by atoms with Crippen LogP contribution in [0.1, 0.15) is 20.3 Å². The quantitative estimate of drug-likeness (QED) is 0.510. The molecule has 10 heavy (non-hydrogen) atoms. The van der Waals surface area contributed by atoms with Gasteiger partial charge < -0.3 is 9.64 Å². The molecule has 1 heterocycles. The average Bonchev–Trinajstić information content (AvgIpc) is 1.86. The summed E-state index contributed by atoms with van der Waals surface area (Å²) < 4.78 is 4.58. The maximum Gasteiger partial charge on any atom is 0.409 e. The number of nitrogens with zero attached hydrogens (tertiary/aromatic N) is 1. The molecule has 0 aliphatic carbocycles. The zero-order chi connectivity index (χ0) is 7.78. The number of hydrogen-bond acceptors (Lipinski definition) is 2. The molecule has 1 saturated heterocycles. The minimum absolute atomic E-state index is 0.0209. The summed E-state index contributed by atoms with van der Waals surface area (Å²) in [5.74, 6) is 0. The van der Waals surface area contributed by atoms with Crippen LogP contribution in [0.25, 0.3) is 0 Å². The Labute approximate surface area is 61.0 Å². The molecule has 0 aromatic rings. The van der Waals surface area contributed by atoms with Crippen molar-refractivity contribution in [3.63, 3.8) is 0 Å². The molecule has 0 atom stereocenters. The van der Waals surface area contributed by atoms with Crippen LogP contribution < -0.4 is 0 Å². The molecule has 0 spiro atoms. The third kappa shape index (κ3) is 0.958. The Bertz CT molecular complexity index is 154. The molecule has 0 saturated carbocycles. The predicted molar refractivity (Wildman–Crippen MR) is 37.8 cm³/mol. The number of methoxy groups -OCH3 is 1. The fourth-order valence-corrected chi connectivity index (χ4v) is 1.12. The van der Waals surface area contributed by atoms with Gasteiger partial charge in [0.05, 0.1) is 7.11 Å². The zero-order valence-corrected chi connectivity index (χ0v) is 6.68. The lowest BCUT2D eigenvalue weighted by atomic mass is 9.90. The third-order valence-corrected chi connectivity index (χ3v) is 2.07. The van der Waals surface area contributed by atoms with E-state index in [1.165, 1.54) is 7.11 Å². The second-order valence-corrected chi connectivity index (χ2v) is 3.18. The summed E-state index contributed by atoms with van der Waals surface area (Å²) in [5, 5.41) is 0. The molecular weight excluding hydrogens is 130 g/mol. The number of ether oxygens (including phenoxy) is 1. The first kappa shape index (κ1) is 7.38. The van der Waals surface area contributed by atoms with Gasteiger partial charge >= 0.3 is 6.09 Å². The van der Waals surface area contributed by atoms with Crippen molar-refractivity contribution < 1.29 is 9.53 Å². The standard InChI is InChI=1S/C7H13NO2/c1-7(2)4-5-8(7)6(9)10-3/h4-5H2,1-3H3. The normalized spacial score (nSPS) is 21.7. The van der Waals surface area contributed by atoms with Crippen LogP contribution in [0.15, 0.2) is 0 Å². The van der Waals surface area contributed by atoms with E-state index in [0.717, 1.165) is 13.0 Å². The van der Waals surface area contributed by atoms with E-state index in [1.54, 1.807) is 4.90 Å². The van der Waals surface area contributed by atoms with Crippen LogP contribution in [0.3, 0.4) is 0 Å². The van der Waals surface area contributed by atoms with Crippen molar-refractivity contribution in [1.82, 2.24) is 4.90 Å². The van der Waals surface area contributed by atoms with E-state index in [9.17, 15) is 4.79 Å². The summed E-state index contributed by atoms with van der Waals surface area (Å²) in [6.45, 7) is 4.90. The first-order valence-electron chi connectivity index (χ1n) is 3.43. The second-order valence-electron chi connectivity index (χ2n) is 3.18. The van der Waals surface area contributed by atoms with Crippen LogP contribution in [-0.4, -0.2) is 30.2 Å². The first-order chi connectivity index (χ1) is 4.58. The van der Waals surface area contributed by atoms with E-state index in [1.807, 2.05) is 13.8 Å². The van der Waals surface area contributed by atoms with Crippen molar-refractivity contribution in [2.45, 2.75) is 25.8 Å². The van der Waals surface area contributed by atoms with Gasteiger partial charge in [0, 0.05) is 12.1 Å². The number of likely N-dealkylation sites (tertiary alicyclic amines) is 1. The van der Waals surface area contributed by atoms with Gasteiger partial charge in [-0.05, 0) is 20.3 Å². The monoisotopic (exact) mass is 143 g/mol. The second kappa shape index (κ2) is 2.15. The van der Waals surface area contributed by atoms with Gasteiger partial charge in [0.25, 0.3) is 0 Å².